The third kappa shape index (κ3) is 2.76. The molecule has 0 aromatic heterocycles. The molecule has 1 saturated carbocycles. The fourth-order valence-corrected chi connectivity index (χ4v) is 3.74. The van der Waals surface area contributed by atoms with Crippen molar-refractivity contribution in [3.05, 3.63) is 58.9 Å². The van der Waals surface area contributed by atoms with Crippen LogP contribution in [-0.4, -0.2) is 11.6 Å². The van der Waals surface area contributed by atoms with E-state index in [9.17, 15) is 9.18 Å². The summed E-state index contributed by atoms with van der Waals surface area (Å²) in [6.45, 7) is 4.32. The standard InChI is InChI=1S/C21H21FN2O/c1-13-10-19-20(11-14(13)2)24(12-15-6-3-4-8-17(15)22)21(25)16-7-5-9-18(16)23-19/h3-4,6,8,10-11,16H,5,7,9,12H2,1-2H3. The Kier molecular flexibility index (Phi) is 3.91. The number of amides is 1. The van der Waals surface area contributed by atoms with Gasteiger partial charge in [-0.25, -0.2) is 4.39 Å². The van der Waals surface area contributed by atoms with E-state index in [-0.39, 0.29) is 24.2 Å². The fraction of sp³-hybridized carbons (Fsp3) is 0.333. The number of aliphatic imine (C=N–C) groups is 1. The number of nitrogens with zero attached hydrogens (tertiary/aromatic N) is 2. The maximum Gasteiger partial charge on any atom is 0.236 e. The lowest BCUT2D eigenvalue weighted by Gasteiger charge is -2.26. The van der Waals surface area contributed by atoms with Crippen molar-refractivity contribution in [2.24, 2.45) is 10.9 Å². The molecule has 0 saturated heterocycles. The molecule has 2 aliphatic rings. The number of fused-ring (bicyclic) bond motifs is 2. The molecule has 1 unspecified atom stereocenters. The predicted octanol–water partition coefficient (Wildman–Crippen LogP) is 4.86. The molecule has 2 aromatic rings. The summed E-state index contributed by atoms with van der Waals surface area (Å²) in [7, 11) is 0. The van der Waals surface area contributed by atoms with Crippen molar-refractivity contribution in [1.29, 1.82) is 0 Å². The number of carbonyl (C=O) groups excluding carboxylic acids is 1. The molecule has 0 spiro atoms. The van der Waals surface area contributed by atoms with Crippen LogP contribution < -0.4 is 4.90 Å². The van der Waals surface area contributed by atoms with Gasteiger partial charge < -0.3 is 4.90 Å². The number of hydrogen-bond donors (Lipinski definition) is 0. The van der Waals surface area contributed by atoms with Crippen LogP contribution in [0.15, 0.2) is 41.4 Å². The van der Waals surface area contributed by atoms with Gasteiger partial charge in [0.25, 0.3) is 0 Å². The van der Waals surface area contributed by atoms with Gasteiger partial charge >= 0.3 is 0 Å². The first kappa shape index (κ1) is 16.0. The minimum absolute atomic E-state index is 0.0431. The van der Waals surface area contributed by atoms with Crippen LogP contribution >= 0.6 is 0 Å². The minimum atomic E-state index is -0.280. The summed E-state index contributed by atoms with van der Waals surface area (Å²) in [5.41, 5.74) is 5.38. The van der Waals surface area contributed by atoms with E-state index in [0.29, 0.717) is 5.56 Å². The highest BCUT2D eigenvalue weighted by atomic mass is 19.1. The summed E-state index contributed by atoms with van der Waals surface area (Å²) >= 11 is 0. The number of rotatable bonds is 2. The van der Waals surface area contributed by atoms with Crippen molar-refractivity contribution in [1.82, 2.24) is 0 Å². The van der Waals surface area contributed by atoms with E-state index in [1.807, 2.05) is 19.1 Å². The molecule has 4 rings (SSSR count). The number of halogens is 1. The minimum Gasteiger partial charge on any atom is -0.305 e. The highest BCUT2D eigenvalue weighted by Crippen LogP contribution is 2.40. The van der Waals surface area contributed by atoms with Crippen LogP contribution in [-0.2, 0) is 11.3 Å². The van der Waals surface area contributed by atoms with Crippen molar-refractivity contribution in [3.63, 3.8) is 0 Å². The lowest BCUT2D eigenvalue weighted by Crippen LogP contribution is -2.36. The number of carbonyl (C=O) groups is 1. The summed E-state index contributed by atoms with van der Waals surface area (Å²) in [5.74, 6) is -0.404. The van der Waals surface area contributed by atoms with Gasteiger partial charge in [-0.15, -0.1) is 0 Å². The normalized spacial score (nSPS) is 19.3. The van der Waals surface area contributed by atoms with Crippen molar-refractivity contribution < 1.29 is 9.18 Å². The number of benzene rings is 2. The van der Waals surface area contributed by atoms with E-state index in [4.69, 9.17) is 4.99 Å². The fourth-order valence-electron chi connectivity index (χ4n) is 3.74. The maximum absolute atomic E-state index is 14.2. The van der Waals surface area contributed by atoms with Crippen LogP contribution in [0.3, 0.4) is 0 Å². The van der Waals surface area contributed by atoms with Gasteiger partial charge in [-0.05, 0) is 62.4 Å². The van der Waals surface area contributed by atoms with Gasteiger partial charge in [-0.3, -0.25) is 9.79 Å². The topological polar surface area (TPSA) is 32.7 Å². The van der Waals surface area contributed by atoms with E-state index in [1.54, 1.807) is 23.1 Å². The van der Waals surface area contributed by atoms with Gasteiger partial charge in [0.05, 0.1) is 23.8 Å². The molecule has 1 heterocycles. The molecule has 1 atom stereocenters. The van der Waals surface area contributed by atoms with Crippen LogP contribution in [0.1, 0.15) is 36.0 Å². The molecule has 2 aromatic carbocycles. The molecule has 4 heteroatoms. The van der Waals surface area contributed by atoms with Crippen molar-refractivity contribution in [2.75, 3.05) is 4.90 Å². The zero-order chi connectivity index (χ0) is 17.6. The predicted molar refractivity (Wildman–Crippen MR) is 97.9 cm³/mol. The molecule has 1 fully saturated rings. The van der Waals surface area contributed by atoms with Crippen molar-refractivity contribution in [3.8, 4) is 0 Å². The zero-order valence-electron chi connectivity index (χ0n) is 14.6. The second-order valence-corrected chi connectivity index (χ2v) is 6.99. The zero-order valence-corrected chi connectivity index (χ0v) is 14.6. The SMILES string of the molecule is Cc1cc2c(cc1C)N(Cc1ccccc1F)C(=O)C1CCCC1=N2. The number of anilines is 1. The quantitative estimate of drug-likeness (QED) is 0.771. The Bertz CT molecular complexity index is 887. The molecule has 0 N–H and O–H groups in total. The first-order valence-corrected chi connectivity index (χ1v) is 8.78. The Morgan fingerprint density at radius 2 is 1.96 bits per heavy atom. The van der Waals surface area contributed by atoms with Gasteiger partial charge in [-0.2, -0.15) is 0 Å². The Morgan fingerprint density at radius 1 is 1.20 bits per heavy atom. The smallest absolute Gasteiger partial charge is 0.236 e. The number of hydrogen-bond acceptors (Lipinski definition) is 2. The first-order valence-electron chi connectivity index (χ1n) is 8.78. The summed E-state index contributed by atoms with van der Waals surface area (Å²) in [6.07, 6.45) is 2.69. The lowest BCUT2D eigenvalue weighted by molar-refractivity contribution is -0.120. The average molecular weight is 336 g/mol. The molecule has 1 amide bonds. The van der Waals surface area contributed by atoms with Gasteiger partial charge in [0.15, 0.2) is 0 Å². The Morgan fingerprint density at radius 3 is 2.76 bits per heavy atom. The highest BCUT2D eigenvalue weighted by molar-refractivity contribution is 6.15. The molecular weight excluding hydrogens is 315 g/mol. The molecular formula is C21H21FN2O. The van der Waals surface area contributed by atoms with Gasteiger partial charge in [-0.1, -0.05) is 18.2 Å². The van der Waals surface area contributed by atoms with Gasteiger partial charge in [0.2, 0.25) is 5.91 Å². The summed E-state index contributed by atoms with van der Waals surface area (Å²) in [5, 5.41) is 0. The lowest BCUT2D eigenvalue weighted by atomic mass is 10.0. The third-order valence-corrected chi connectivity index (χ3v) is 5.32. The maximum atomic E-state index is 14.2. The van der Waals surface area contributed by atoms with Gasteiger partial charge in [0, 0.05) is 11.3 Å². The van der Waals surface area contributed by atoms with Crippen LogP contribution in [0.25, 0.3) is 0 Å². The molecule has 0 radical (unpaired) electrons. The second kappa shape index (κ2) is 6.10. The Balaban J connectivity index is 1.85. The van der Waals surface area contributed by atoms with E-state index in [1.165, 1.54) is 6.07 Å². The summed E-state index contributed by atoms with van der Waals surface area (Å²) < 4.78 is 14.2. The van der Waals surface area contributed by atoms with Crippen LogP contribution in [0.5, 0.6) is 0 Å². The largest absolute Gasteiger partial charge is 0.305 e. The van der Waals surface area contributed by atoms with Crippen molar-refractivity contribution in [2.45, 2.75) is 39.7 Å². The second-order valence-electron chi connectivity index (χ2n) is 6.99. The van der Waals surface area contributed by atoms with Gasteiger partial charge in [0.1, 0.15) is 5.82 Å². The molecule has 128 valence electrons. The van der Waals surface area contributed by atoms with E-state index in [2.05, 4.69) is 6.92 Å². The van der Waals surface area contributed by atoms with E-state index in [0.717, 1.165) is 47.5 Å². The van der Waals surface area contributed by atoms with Crippen LogP contribution in [0.4, 0.5) is 15.8 Å². The third-order valence-electron chi connectivity index (χ3n) is 5.32. The first-order chi connectivity index (χ1) is 12.0. The highest BCUT2D eigenvalue weighted by Gasteiger charge is 2.36. The van der Waals surface area contributed by atoms with Crippen LogP contribution in [0, 0.1) is 25.6 Å². The van der Waals surface area contributed by atoms with E-state index >= 15 is 0 Å². The van der Waals surface area contributed by atoms with E-state index < -0.39 is 0 Å². The van der Waals surface area contributed by atoms with Crippen molar-refractivity contribution >= 4 is 23.0 Å². The monoisotopic (exact) mass is 336 g/mol. The Labute approximate surface area is 147 Å². The molecule has 25 heavy (non-hydrogen) atoms. The summed E-state index contributed by atoms with van der Waals surface area (Å²) in [4.78, 5) is 19.8. The molecule has 1 aliphatic heterocycles. The molecule has 1 aliphatic carbocycles. The summed E-state index contributed by atoms with van der Waals surface area (Å²) in [6, 6.07) is 10.7. The van der Waals surface area contributed by atoms with Crippen LogP contribution in [0.2, 0.25) is 0 Å². The molecule has 3 nitrogen and oxygen atoms in total. The number of aryl methyl sites for hydroxylation is 2. The molecule has 0 bridgehead atoms. The average Bonchev–Trinajstić information content (AvgIpc) is 3.01. The Hall–Kier alpha value is -2.49.